The van der Waals surface area contributed by atoms with Gasteiger partial charge in [0.25, 0.3) is 5.56 Å². The zero-order valence-electron chi connectivity index (χ0n) is 16.8. The Balaban J connectivity index is 1.73. The molecule has 1 atom stereocenters. The number of aliphatic hydroxyl groups excluding tert-OH is 1. The first-order valence-electron chi connectivity index (χ1n) is 9.33. The molecule has 0 amide bonds. The van der Waals surface area contributed by atoms with Crippen LogP contribution in [0.2, 0.25) is 5.02 Å². The van der Waals surface area contributed by atoms with Crippen LogP contribution in [0.4, 0.5) is 13.2 Å². The van der Waals surface area contributed by atoms with E-state index in [1.165, 1.54) is 42.1 Å². The van der Waals surface area contributed by atoms with E-state index in [2.05, 4.69) is 0 Å². The minimum Gasteiger partial charge on any atom is -0.493 e. The highest BCUT2D eigenvalue weighted by atomic mass is 35.5. The van der Waals surface area contributed by atoms with Crippen LogP contribution in [0.5, 0.6) is 17.2 Å². The summed E-state index contributed by atoms with van der Waals surface area (Å²) in [5, 5.41) is 9.69. The lowest BCUT2D eigenvalue weighted by Crippen LogP contribution is -2.34. The number of alkyl halides is 3. The number of halogens is 4. The summed E-state index contributed by atoms with van der Waals surface area (Å²) in [6, 6.07) is 14.3. The zero-order chi connectivity index (χ0) is 23.3. The molecule has 0 radical (unpaired) electrons. The Labute approximate surface area is 186 Å². The molecule has 3 aromatic rings. The number of methoxy groups -OCH3 is 1. The van der Waals surface area contributed by atoms with Crippen molar-refractivity contribution in [2.45, 2.75) is 18.9 Å². The van der Waals surface area contributed by atoms with Crippen LogP contribution in [0.15, 0.2) is 65.6 Å². The molecule has 170 valence electrons. The highest BCUT2D eigenvalue weighted by molar-refractivity contribution is 6.30. The SMILES string of the molecule is COc1cc(-n2ccc(OCc3ccc(Cl)cc3)cc2=O)ccc1OCC(O)C(F)(F)F. The molecule has 2 aromatic carbocycles. The fraction of sp³-hybridized carbons (Fsp3) is 0.227. The fourth-order valence-electron chi connectivity index (χ4n) is 2.70. The van der Waals surface area contributed by atoms with Crippen LogP contribution in [0, 0.1) is 0 Å². The van der Waals surface area contributed by atoms with Gasteiger partial charge in [0.2, 0.25) is 0 Å². The van der Waals surface area contributed by atoms with Crippen molar-refractivity contribution in [3.05, 3.63) is 81.7 Å². The average molecular weight is 470 g/mol. The summed E-state index contributed by atoms with van der Waals surface area (Å²) in [5.41, 5.74) is 0.899. The summed E-state index contributed by atoms with van der Waals surface area (Å²) in [7, 11) is 1.31. The standard InChI is InChI=1S/C22H19ClF3NO5/c1-30-19-10-16(6-7-18(19)32-13-20(28)22(24,25)26)27-9-8-17(11-21(27)29)31-12-14-2-4-15(23)5-3-14/h2-11,20,28H,12-13H2,1H3. The van der Waals surface area contributed by atoms with Crippen molar-refractivity contribution in [2.75, 3.05) is 13.7 Å². The van der Waals surface area contributed by atoms with Gasteiger partial charge in [0, 0.05) is 23.4 Å². The fourth-order valence-corrected chi connectivity index (χ4v) is 2.83. The van der Waals surface area contributed by atoms with E-state index in [0.717, 1.165) is 5.56 Å². The second kappa shape index (κ2) is 9.97. The highest BCUT2D eigenvalue weighted by Crippen LogP contribution is 2.30. The van der Waals surface area contributed by atoms with E-state index >= 15 is 0 Å². The number of pyridine rings is 1. The van der Waals surface area contributed by atoms with Crippen LogP contribution < -0.4 is 19.8 Å². The van der Waals surface area contributed by atoms with E-state index in [1.807, 2.05) is 12.1 Å². The highest BCUT2D eigenvalue weighted by Gasteiger charge is 2.38. The summed E-state index contributed by atoms with van der Waals surface area (Å²) in [5.74, 6) is 0.469. The molecule has 3 rings (SSSR count). The molecule has 32 heavy (non-hydrogen) atoms. The van der Waals surface area contributed by atoms with E-state index in [1.54, 1.807) is 18.2 Å². The van der Waals surface area contributed by atoms with Crippen molar-refractivity contribution in [3.63, 3.8) is 0 Å². The second-order valence-electron chi connectivity index (χ2n) is 6.69. The number of aliphatic hydroxyl groups is 1. The van der Waals surface area contributed by atoms with Gasteiger partial charge in [-0.3, -0.25) is 9.36 Å². The lowest BCUT2D eigenvalue weighted by atomic mass is 10.2. The van der Waals surface area contributed by atoms with Crippen molar-refractivity contribution in [3.8, 4) is 22.9 Å². The van der Waals surface area contributed by atoms with Crippen LogP contribution >= 0.6 is 11.6 Å². The maximum absolute atomic E-state index is 12.5. The number of hydrogen-bond donors (Lipinski definition) is 1. The van der Waals surface area contributed by atoms with E-state index in [-0.39, 0.29) is 23.7 Å². The van der Waals surface area contributed by atoms with E-state index in [0.29, 0.717) is 16.5 Å². The molecule has 0 aliphatic rings. The molecule has 6 nitrogen and oxygen atoms in total. The maximum atomic E-state index is 12.5. The van der Waals surface area contributed by atoms with Crippen molar-refractivity contribution in [2.24, 2.45) is 0 Å². The Bertz CT molecular complexity index is 1120. The summed E-state index contributed by atoms with van der Waals surface area (Å²) in [4.78, 5) is 12.5. The van der Waals surface area contributed by atoms with Gasteiger partial charge in [0.15, 0.2) is 17.6 Å². The molecule has 0 bridgehead atoms. The molecular weight excluding hydrogens is 451 g/mol. The van der Waals surface area contributed by atoms with Crippen LogP contribution in [-0.4, -0.2) is 35.7 Å². The molecule has 0 saturated heterocycles. The lowest BCUT2D eigenvalue weighted by molar-refractivity contribution is -0.210. The first-order chi connectivity index (χ1) is 15.2. The monoisotopic (exact) mass is 469 g/mol. The molecule has 1 unspecified atom stereocenters. The van der Waals surface area contributed by atoms with Crippen LogP contribution in [0.1, 0.15) is 5.56 Å². The predicted octanol–water partition coefficient (Wildman–Crippen LogP) is 4.38. The van der Waals surface area contributed by atoms with Gasteiger partial charge in [-0.1, -0.05) is 23.7 Å². The van der Waals surface area contributed by atoms with Gasteiger partial charge in [-0.15, -0.1) is 0 Å². The van der Waals surface area contributed by atoms with Gasteiger partial charge >= 0.3 is 6.18 Å². The van der Waals surface area contributed by atoms with Gasteiger partial charge < -0.3 is 19.3 Å². The second-order valence-corrected chi connectivity index (χ2v) is 7.13. The molecule has 0 aliphatic heterocycles. The van der Waals surface area contributed by atoms with E-state index in [9.17, 15) is 18.0 Å². The number of aromatic nitrogens is 1. The Morgan fingerprint density at radius 1 is 1.03 bits per heavy atom. The Morgan fingerprint density at radius 3 is 2.38 bits per heavy atom. The average Bonchev–Trinajstić information content (AvgIpc) is 2.76. The molecule has 0 aliphatic carbocycles. The number of nitrogens with zero attached hydrogens (tertiary/aromatic N) is 1. The predicted molar refractivity (Wildman–Crippen MR) is 112 cm³/mol. The normalized spacial score (nSPS) is 12.3. The number of rotatable bonds is 8. The number of benzene rings is 2. The Hall–Kier alpha value is -3.17. The maximum Gasteiger partial charge on any atom is 0.417 e. The lowest BCUT2D eigenvalue weighted by Gasteiger charge is -2.17. The van der Waals surface area contributed by atoms with Crippen LogP contribution in [0.25, 0.3) is 5.69 Å². The minimum atomic E-state index is -4.79. The Kier molecular flexibility index (Phi) is 7.32. The Morgan fingerprint density at radius 2 is 1.75 bits per heavy atom. The molecule has 0 spiro atoms. The minimum absolute atomic E-state index is 0.00415. The molecule has 0 saturated carbocycles. The molecule has 10 heteroatoms. The third-order valence-electron chi connectivity index (χ3n) is 4.41. The quantitative estimate of drug-likeness (QED) is 0.530. The topological polar surface area (TPSA) is 69.9 Å². The van der Waals surface area contributed by atoms with Gasteiger partial charge in [-0.05, 0) is 35.9 Å². The molecule has 1 heterocycles. The summed E-state index contributed by atoms with van der Waals surface area (Å²) < 4.78 is 54.5. The zero-order valence-corrected chi connectivity index (χ0v) is 17.6. The first kappa shape index (κ1) is 23.5. The number of hydrogen-bond acceptors (Lipinski definition) is 5. The third-order valence-corrected chi connectivity index (χ3v) is 4.66. The van der Waals surface area contributed by atoms with Crippen molar-refractivity contribution in [1.82, 2.24) is 4.57 Å². The van der Waals surface area contributed by atoms with Gasteiger partial charge in [-0.2, -0.15) is 13.2 Å². The largest absolute Gasteiger partial charge is 0.493 e. The van der Waals surface area contributed by atoms with Gasteiger partial charge in [0.1, 0.15) is 19.0 Å². The van der Waals surface area contributed by atoms with E-state index < -0.39 is 18.9 Å². The van der Waals surface area contributed by atoms with Gasteiger partial charge in [-0.25, -0.2) is 0 Å². The van der Waals surface area contributed by atoms with Crippen molar-refractivity contribution in [1.29, 1.82) is 0 Å². The van der Waals surface area contributed by atoms with E-state index in [4.69, 9.17) is 30.9 Å². The number of ether oxygens (including phenoxy) is 3. The van der Waals surface area contributed by atoms with Crippen molar-refractivity contribution >= 4 is 11.6 Å². The molecule has 0 fully saturated rings. The van der Waals surface area contributed by atoms with Crippen LogP contribution in [0.3, 0.4) is 0 Å². The van der Waals surface area contributed by atoms with Gasteiger partial charge in [0.05, 0.1) is 12.8 Å². The third kappa shape index (κ3) is 5.95. The summed E-state index contributed by atoms with van der Waals surface area (Å²) in [6.45, 7) is -0.733. The van der Waals surface area contributed by atoms with Crippen molar-refractivity contribution < 1.29 is 32.5 Å². The molecular formula is C22H19ClF3NO5. The molecule has 1 aromatic heterocycles. The summed E-state index contributed by atoms with van der Waals surface area (Å²) in [6.07, 6.45) is -5.92. The first-order valence-corrected chi connectivity index (χ1v) is 9.71. The van der Waals surface area contributed by atoms with Crippen LogP contribution in [-0.2, 0) is 6.61 Å². The molecule has 1 N–H and O–H groups in total. The smallest absolute Gasteiger partial charge is 0.417 e. The summed E-state index contributed by atoms with van der Waals surface area (Å²) >= 11 is 5.85.